The molecule has 2 fully saturated rings. The van der Waals surface area contributed by atoms with Crippen molar-refractivity contribution < 1.29 is 9.53 Å². The largest absolute Gasteiger partial charge is 0.381 e. The third kappa shape index (κ3) is 1.64. The van der Waals surface area contributed by atoms with Crippen LogP contribution in [-0.2, 0) is 9.53 Å². The summed E-state index contributed by atoms with van der Waals surface area (Å²) in [6, 6.07) is 9.27. The predicted octanol–water partition coefficient (Wildman–Crippen LogP) is 2.83. The molecule has 3 nitrogen and oxygen atoms in total. The first-order valence-corrected chi connectivity index (χ1v) is 7.35. The Hall–Kier alpha value is -1.35. The zero-order valence-corrected chi connectivity index (χ0v) is 11.0. The van der Waals surface area contributed by atoms with Crippen molar-refractivity contribution in [2.24, 2.45) is 5.92 Å². The molecule has 0 aromatic heterocycles. The monoisotopic (exact) mass is 257 g/mol. The average Bonchev–Trinajstić information content (AvgIpc) is 3.04. The van der Waals surface area contributed by atoms with E-state index in [9.17, 15) is 4.79 Å². The quantitative estimate of drug-likeness (QED) is 0.774. The minimum Gasteiger partial charge on any atom is -0.381 e. The van der Waals surface area contributed by atoms with Gasteiger partial charge >= 0.3 is 0 Å². The summed E-state index contributed by atoms with van der Waals surface area (Å²) in [5, 5.41) is 0. The van der Waals surface area contributed by atoms with Crippen LogP contribution in [0.1, 0.15) is 48.9 Å². The number of ether oxygens (including phenoxy) is 1. The third-order valence-electron chi connectivity index (χ3n) is 4.92. The van der Waals surface area contributed by atoms with E-state index in [0.717, 1.165) is 38.9 Å². The number of rotatable bonds is 1. The summed E-state index contributed by atoms with van der Waals surface area (Å²) in [6.45, 7) is 1.49. The smallest absolute Gasteiger partial charge is 0.226 e. The Morgan fingerprint density at radius 1 is 1.00 bits per heavy atom. The molecule has 3 aliphatic rings. The van der Waals surface area contributed by atoms with Gasteiger partial charge in [0.2, 0.25) is 5.91 Å². The van der Waals surface area contributed by atoms with Crippen LogP contribution in [0.4, 0.5) is 0 Å². The minimum absolute atomic E-state index is 0.186. The van der Waals surface area contributed by atoms with Crippen LogP contribution in [0.5, 0.6) is 0 Å². The van der Waals surface area contributed by atoms with Gasteiger partial charge in [0.05, 0.1) is 12.1 Å². The van der Waals surface area contributed by atoms with Crippen LogP contribution in [0, 0.1) is 5.92 Å². The van der Waals surface area contributed by atoms with Crippen molar-refractivity contribution in [3.8, 4) is 0 Å². The van der Waals surface area contributed by atoms with Crippen LogP contribution in [-0.4, -0.2) is 24.0 Å². The van der Waals surface area contributed by atoms with Crippen LogP contribution in [0.15, 0.2) is 24.3 Å². The van der Waals surface area contributed by atoms with Crippen LogP contribution in [0.3, 0.4) is 0 Å². The highest BCUT2D eigenvalue weighted by molar-refractivity contribution is 5.81. The maximum absolute atomic E-state index is 12.8. The summed E-state index contributed by atoms with van der Waals surface area (Å²) in [5.41, 5.74) is 2.78. The van der Waals surface area contributed by atoms with Gasteiger partial charge in [-0.3, -0.25) is 4.79 Å². The fourth-order valence-electron chi connectivity index (χ4n) is 4.00. The van der Waals surface area contributed by atoms with E-state index < -0.39 is 0 Å². The van der Waals surface area contributed by atoms with Gasteiger partial charge in [0.25, 0.3) is 0 Å². The average molecular weight is 257 g/mol. The maximum atomic E-state index is 12.8. The van der Waals surface area contributed by atoms with Crippen molar-refractivity contribution >= 4 is 5.91 Å². The van der Waals surface area contributed by atoms with Gasteiger partial charge in [-0.15, -0.1) is 0 Å². The highest BCUT2D eigenvalue weighted by atomic mass is 16.5. The Kier molecular flexibility index (Phi) is 2.62. The summed E-state index contributed by atoms with van der Waals surface area (Å²) >= 11 is 0. The van der Waals surface area contributed by atoms with E-state index in [1.807, 2.05) is 0 Å². The summed E-state index contributed by atoms with van der Waals surface area (Å²) < 4.78 is 5.37. The molecule has 0 N–H and O–H groups in total. The second-order valence-electron chi connectivity index (χ2n) is 5.87. The zero-order chi connectivity index (χ0) is 12.8. The van der Waals surface area contributed by atoms with Crippen molar-refractivity contribution in [1.82, 2.24) is 4.90 Å². The fourth-order valence-corrected chi connectivity index (χ4v) is 4.00. The van der Waals surface area contributed by atoms with Crippen LogP contribution in [0.25, 0.3) is 0 Å². The van der Waals surface area contributed by atoms with Crippen LogP contribution < -0.4 is 0 Å². The third-order valence-corrected chi connectivity index (χ3v) is 4.92. The summed E-state index contributed by atoms with van der Waals surface area (Å²) in [6.07, 6.45) is 4.06. The van der Waals surface area contributed by atoms with Gasteiger partial charge in [-0.1, -0.05) is 24.3 Å². The molecule has 2 saturated heterocycles. The van der Waals surface area contributed by atoms with E-state index in [-0.39, 0.29) is 5.92 Å². The normalized spacial score (nSPS) is 29.6. The summed E-state index contributed by atoms with van der Waals surface area (Å²) in [7, 11) is 0. The minimum atomic E-state index is 0.186. The number of amides is 1. The van der Waals surface area contributed by atoms with Gasteiger partial charge in [-0.2, -0.15) is 0 Å². The van der Waals surface area contributed by atoms with Crippen LogP contribution >= 0.6 is 0 Å². The Morgan fingerprint density at radius 2 is 1.58 bits per heavy atom. The number of fused-ring (bicyclic) bond motifs is 5. The number of benzene rings is 1. The van der Waals surface area contributed by atoms with Crippen LogP contribution in [0.2, 0.25) is 0 Å². The molecular weight excluding hydrogens is 238 g/mol. The molecule has 0 saturated carbocycles. The molecule has 4 rings (SSSR count). The highest BCUT2D eigenvalue weighted by Gasteiger charge is 2.47. The Labute approximate surface area is 113 Å². The van der Waals surface area contributed by atoms with Crippen molar-refractivity contribution in [2.75, 3.05) is 13.2 Å². The molecule has 1 aromatic carbocycles. The molecule has 2 atom stereocenters. The first-order chi connectivity index (χ1) is 9.36. The molecule has 3 heteroatoms. The lowest BCUT2D eigenvalue weighted by atomic mass is 9.92. The lowest BCUT2D eigenvalue weighted by Crippen LogP contribution is -2.36. The Morgan fingerprint density at radius 3 is 2.16 bits per heavy atom. The summed E-state index contributed by atoms with van der Waals surface area (Å²) in [5.74, 6) is 0.554. The van der Waals surface area contributed by atoms with Gasteiger partial charge < -0.3 is 9.64 Å². The first-order valence-electron chi connectivity index (χ1n) is 7.35. The standard InChI is InChI=1S/C16H19NO2/c18-16(11-7-9-19-10-8-11)17-14-5-6-15(17)13-4-2-1-3-12(13)14/h1-4,11,14-15H,5-10H2. The van der Waals surface area contributed by atoms with Gasteiger partial charge in [0.15, 0.2) is 0 Å². The topological polar surface area (TPSA) is 29.5 Å². The molecule has 1 aromatic rings. The number of nitrogens with zero attached hydrogens (tertiary/aromatic N) is 1. The van der Waals surface area contributed by atoms with E-state index in [4.69, 9.17) is 4.74 Å². The molecule has 1 amide bonds. The molecule has 3 aliphatic heterocycles. The molecule has 2 bridgehead atoms. The van der Waals surface area contributed by atoms with Gasteiger partial charge in [0, 0.05) is 19.1 Å². The highest BCUT2D eigenvalue weighted by Crippen LogP contribution is 2.53. The predicted molar refractivity (Wildman–Crippen MR) is 71.5 cm³/mol. The molecule has 0 radical (unpaired) electrons. The van der Waals surface area contributed by atoms with E-state index in [1.54, 1.807) is 0 Å². The Bertz CT molecular complexity index is 476. The number of carbonyl (C=O) groups excluding carboxylic acids is 1. The van der Waals surface area contributed by atoms with E-state index in [0.29, 0.717) is 18.0 Å². The first kappa shape index (κ1) is 11.5. The zero-order valence-electron chi connectivity index (χ0n) is 11.0. The molecule has 0 spiro atoms. The lowest BCUT2D eigenvalue weighted by molar-refractivity contribution is -0.141. The molecule has 3 heterocycles. The van der Waals surface area contributed by atoms with Gasteiger partial charge in [-0.25, -0.2) is 0 Å². The maximum Gasteiger partial charge on any atom is 0.226 e. The van der Waals surface area contributed by atoms with Crippen molar-refractivity contribution in [3.05, 3.63) is 35.4 Å². The number of hydrogen-bond donors (Lipinski definition) is 0. The molecule has 19 heavy (non-hydrogen) atoms. The van der Waals surface area contributed by atoms with Crippen molar-refractivity contribution in [3.63, 3.8) is 0 Å². The van der Waals surface area contributed by atoms with Gasteiger partial charge in [-0.05, 0) is 36.8 Å². The van der Waals surface area contributed by atoms with E-state index in [1.165, 1.54) is 11.1 Å². The van der Waals surface area contributed by atoms with Crippen molar-refractivity contribution in [1.29, 1.82) is 0 Å². The van der Waals surface area contributed by atoms with Crippen molar-refractivity contribution in [2.45, 2.75) is 37.8 Å². The molecule has 100 valence electrons. The second-order valence-corrected chi connectivity index (χ2v) is 5.87. The van der Waals surface area contributed by atoms with E-state index in [2.05, 4.69) is 29.2 Å². The fraction of sp³-hybridized carbons (Fsp3) is 0.562. The number of carbonyl (C=O) groups is 1. The number of hydrogen-bond acceptors (Lipinski definition) is 2. The molecule has 0 aliphatic carbocycles. The summed E-state index contributed by atoms with van der Waals surface area (Å²) in [4.78, 5) is 15.0. The Balaban J connectivity index is 1.62. The molecular formula is C16H19NO2. The second kappa shape index (κ2) is 4.34. The van der Waals surface area contributed by atoms with E-state index >= 15 is 0 Å². The SMILES string of the molecule is O=C(C1CCOCC1)N1C2CCC1c1ccccc12. The molecule has 2 unspecified atom stereocenters. The lowest BCUT2D eigenvalue weighted by Gasteiger charge is -2.29. The van der Waals surface area contributed by atoms with Gasteiger partial charge in [0.1, 0.15) is 0 Å².